The van der Waals surface area contributed by atoms with E-state index in [2.05, 4.69) is 25.6 Å². The van der Waals surface area contributed by atoms with Gasteiger partial charge in [-0.2, -0.15) is 0 Å². The van der Waals surface area contributed by atoms with Gasteiger partial charge in [-0.05, 0) is 49.3 Å². The van der Waals surface area contributed by atoms with Gasteiger partial charge >= 0.3 is 0 Å². The summed E-state index contributed by atoms with van der Waals surface area (Å²) in [6.07, 6.45) is 9.61. The Labute approximate surface area is 165 Å². The molecular formula is C20H26ClN5O. The van der Waals surface area contributed by atoms with E-state index in [-0.39, 0.29) is 0 Å². The van der Waals surface area contributed by atoms with Gasteiger partial charge in [-0.1, -0.05) is 23.7 Å². The summed E-state index contributed by atoms with van der Waals surface area (Å²) < 4.78 is 5.90. The van der Waals surface area contributed by atoms with Gasteiger partial charge in [-0.3, -0.25) is 4.99 Å². The molecule has 2 aromatic rings. The standard InChI is InChI=1S/C20H26ClN5O/c1-22-20(23-11-10-15-6-8-18(21)24-12-15)26-14-16-7-9-19(25-13-16)27-17-4-2-3-5-17/h6-9,12-13,17H,2-5,10-11,14H2,1H3,(H2,22,23,26). The van der Waals surface area contributed by atoms with Crippen LogP contribution < -0.4 is 15.4 Å². The van der Waals surface area contributed by atoms with Crippen molar-refractivity contribution in [2.24, 2.45) is 4.99 Å². The molecule has 7 heteroatoms. The number of nitrogens with one attached hydrogen (secondary N) is 2. The third-order valence-electron chi connectivity index (χ3n) is 4.57. The van der Waals surface area contributed by atoms with E-state index in [4.69, 9.17) is 16.3 Å². The highest BCUT2D eigenvalue weighted by Crippen LogP contribution is 2.22. The molecule has 0 atom stereocenters. The molecule has 1 saturated carbocycles. The van der Waals surface area contributed by atoms with Crippen molar-refractivity contribution < 1.29 is 4.74 Å². The fourth-order valence-electron chi connectivity index (χ4n) is 3.05. The van der Waals surface area contributed by atoms with E-state index in [0.717, 1.165) is 42.9 Å². The molecule has 1 aliphatic carbocycles. The summed E-state index contributed by atoms with van der Waals surface area (Å²) in [6, 6.07) is 7.77. The van der Waals surface area contributed by atoms with E-state index in [1.54, 1.807) is 19.3 Å². The van der Waals surface area contributed by atoms with Gasteiger partial charge in [0, 0.05) is 38.6 Å². The SMILES string of the molecule is CN=C(NCCc1ccc(Cl)nc1)NCc1ccc(OC2CCCC2)nc1. The monoisotopic (exact) mass is 387 g/mol. The first-order chi connectivity index (χ1) is 13.2. The second kappa shape index (κ2) is 10.1. The fourth-order valence-corrected chi connectivity index (χ4v) is 3.16. The van der Waals surface area contributed by atoms with Gasteiger partial charge in [0.1, 0.15) is 11.3 Å². The lowest BCUT2D eigenvalue weighted by molar-refractivity contribution is 0.201. The summed E-state index contributed by atoms with van der Waals surface area (Å²) in [6.45, 7) is 1.41. The maximum absolute atomic E-state index is 5.90. The Hall–Kier alpha value is -2.34. The van der Waals surface area contributed by atoms with Crippen LogP contribution in [0.4, 0.5) is 0 Å². The summed E-state index contributed by atoms with van der Waals surface area (Å²) in [5.41, 5.74) is 2.21. The molecule has 6 nitrogen and oxygen atoms in total. The summed E-state index contributed by atoms with van der Waals surface area (Å²) in [4.78, 5) is 12.7. The van der Waals surface area contributed by atoms with E-state index >= 15 is 0 Å². The number of pyridine rings is 2. The number of hydrogen-bond acceptors (Lipinski definition) is 4. The summed E-state index contributed by atoms with van der Waals surface area (Å²) in [7, 11) is 1.76. The fraction of sp³-hybridized carbons (Fsp3) is 0.450. The first-order valence-electron chi connectivity index (χ1n) is 9.39. The number of rotatable bonds is 7. The molecule has 0 aromatic carbocycles. The Bertz CT molecular complexity index is 727. The minimum Gasteiger partial charge on any atom is -0.474 e. The number of hydrogen-bond donors (Lipinski definition) is 2. The lowest BCUT2D eigenvalue weighted by Gasteiger charge is -2.13. The molecule has 2 N–H and O–H groups in total. The van der Waals surface area contributed by atoms with Crippen molar-refractivity contribution in [1.29, 1.82) is 0 Å². The lowest BCUT2D eigenvalue weighted by Crippen LogP contribution is -2.37. The molecule has 2 heterocycles. The van der Waals surface area contributed by atoms with Crippen LogP contribution in [0.15, 0.2) is 41.7 Å². The van der Waals surface area contributed by atoms with Gasteiger partial charge in [-0.25, -0.2) is 9.97 Å². The Morgan fingerprint density at radius 1 is 1.11 bits per heavy atom. The Morgan fingerprint density at radius 3 is 2.56 bits per heavy atom. The zero-order valence-electron chi connectivity index (χ0n) is 15.6. The molecule has 0 amide bonds. The Balaban J connectivity index is 1.40. The van der Waals surface area contributed by atoms with Crippen molar-refractivity contribution in [3.8, 4) is 5.88 Å². The topological polar surface area (TPSA) is 71.4 Å². The average molecular weight is 388 g/mol. The third kappa shape index (κ3) is 6.40. The molecule has 1 aliphatic rings. The number of ether oxygens (including phenoxy) is 1. The molecular weight excluding hydrogens is 362 g/mol. The molecule has 27 heavy (non-hydrogen) atoms. The van der Waals surface area contributed by atoms with E-state index in [9.17, 15) is 0 Å². The predicted octanol–water partition coefficient (Wildman–Crippen LogP) is 3.36. The van der Waals surface area contributed by atoms with Gasteiger partial charge in [-0.15, -0.1) is 0 Å². The van der Waals surface area contributed by atoms with Crippen molar-refractivity contribution in [3.63, 3.8) is 0 Å². The highest BCUT2D eigenvalue weighted by atomic mass is 35.5. The number of aliphatic imine (C=N–C) groups is 1. The van der Waals surface area contributed by atoms with E-state index in [1.165, 1.54) is 12.8 Å². The van der Waals surface area contributed by atoms with E-state index < -0.39 is 0 Å². The third-order valence-corrected chi connectivity index (χ3v) is 4.79. The van der Waals surface area contributed by atoms with Crippen LogP contribution in [0.2, 0.25) is 5.15 Å². The maximum atomic E-state index is 5.90. The largest absolute Gasteiger partial charge is 0.474 e. The van der Waals surface area contributed by atoms with Crippen LogP contribution in [0.5, 0.6) is 5.88 Å². The van der Waals surface area contributed by atoms with E-state index in [0.29, 0.717) is 23.7 Å². The number of aromatic nitrogens is 2. The Morgan fingerprint density at radius 2 is 1.89 bits per heavy atom. The molecule has 0 spiro atoms. The van der Waals surface area contributed by atoms with E-state index in [1.807, 2.05) is 24.4 Å². The molecule has 0 bridgehead atoms. The number of halogens is 1. The summed E-state index contributed by atoms with van der Waals surface area (Å²) >= 11 is 5.80. The zero-order valence-corrected chi connectivity index (χ0v) is 16.4. The molecule has 0 aliphatic heterocycles. The molecule has 0 unspecified atom stereocenters. The van der Waals surface area contributed by atoms with Crippen LogP contribution in [0.25, 0.3) is 0 Å². The zero-order chi connectivity index (χ0) is 18.9. The van der Waals surface area contributed by atoms with Gasteiger partial charge in [0.2, 0.25) is 5.88 Å². The minimum absolute atomic E-state index is 0.334. The molecule has 3 rings (SSSR count). The summed E-state index contributed by atoms with van der Waals surface area (Å²) in [5, 5.41) is 7.10. The molecule has 2 aromatic heterocycles. The van der Waals surface area contributed by atoms with Crippen molar-refractivity contribution >= 4 is 17.6 Å². The molecule has 0 radical (unpaired) electrons. The average Bonchev–Trinajstić information content (AvgIpc) is 3.20. The van der Waals surface area contributed by atoms with Gasteiger partial charge < -0.3 is 15.4 Å². The molecule has 1 fully saturated rings. The maximum Gasteiger partial charge on any atom is 0.213 e. The second-order valence-corrected chi connectivity index (χ2v) is 7.01. The van der Waals surface area contributed by atoms with Crippen molar-refractivity contribution in [2.75, 3.05) is 13.6 Å². The predicted molar refractivity (Wildman–Crippen MR) is 108 cm³/mol. The van der Waals surface area contributed by atoms with Crippen LogP contribution in [-0.2, 0) is 13.0 Å². The molecule has 144 valence electrons. The van der Waals surface area contributed by atoms with Gasteiger partial charge in [0.15, 0.2) is 5.96 Å². The minimum atomic E-state index is 0.334. The number of guanidine groups is 1. The highest BCUT2D eigenvalue weighted by molar-refractivity contribution is 6.29. The molecule has 0 saturated heterocycles. The quantitative estimate of drug-likeness (QED) is 0.433. The lowest BCUT2D eigenvalue weighted by atomic mass is 10.2. The van der Waals surface area contributed by atoms with Crippen LogP contribution >= 0.6 is 11.6 Å². The summed E-state index contributed by atoms with van der Waals surface area (Å²) in [5.74, 6) is 1.47. The van der Waals surface area contributed by atoms with Crippen LogP contribution in [0, 0.1) is 0 Å². The number of nitrogens with zero attached hydrogens (tertiary/aromatic N) is 3. The normalized spacial score (nSPS) is 15.0. The van der Waals surface area contributed by atoms with Crippen molar-refractivity contribution in [2.45, 2.75) is 44.8 Å². The van der Waals surface area contributed by atoms with Crippen LogP contribution in [0.1, 0.15) is 36.8 Å². The Kier molecular flexibility index (Phi) is 7.27. The van der Waals surface area contributed by atoms with Crippen molar-refractivity contribution in [3.05, 3.63) is 52.9 Å². The van der Waals surface area contributed by atoms with Gasteiger partial charge in [0.05, 0.1) is 0 Å². The smallest absolute Gasteiger partial charge is 0.213 e. The van der Waals surface area contributed by atoms with Gasteiger partial charge in [0.25, 0.3) is 0 Å². The highest BCUT2D eigenvalue weighted by Gasteiger charge is 2.16. The second-order valence-electron chi connectivity index (χ2n) is 6.62. The first kappa shape index (κ1) is 19.4. The van der Waals surface area contributed by atoms with Crippen molar-refractivity contribution in [1.82, 2.24) is 20.6 Å². The van der Waals surface area contributed by atoms with Crippen LogP contribution in [0.3, 0.4) is 0 Å². The van der Waals surface area contributed by atoms with Crippen LogP contribution in [-0.4, -0.2) is 35.6 Å². The first-order valence-corrected chi connectivity index (χ1v) is 9.77.